The van der Waals surface area contributed by atoms with E-state index in [1.807, 2.05) is 0 Å². The lowest BCUT2D eigenvalue weighted by Gasteiger charge is -2.01. The van der Waals surface area contributed by atoms with E-state index in [1.165, 1.54) is 11.8 Å². The Morgan fingerprint density at radius 2 is 2.12 bits per heavy atom. The summed E-state index contributed by atoms with van der Waals surface area (Å²) in [5.41, 5.74) is 0.704. The highest BCUT2D eigenvalue weighted by molar-refractivity contribution is 9.10. The van der Waals surface area contributed by atoms with E-state index in [9.17, 15) is 9.59 Å². The van der Waals surface area contributed by atoms with Crippen LogP contribution in [-0.4, -0.2) is 33.9 Å². The fraction of sp³-hybridized carbons (Fsp3) is 0.556. The van der Waals surface area contributed by atoms with Gasteiger partial charge in [0, 0.05) is 13.5 Å². The van der Waals surface area contributed by atoms with Gasteiger partial charge in [-0.25, -0.2) is 0 Å². The third kappa shape index (κ3) is 3.41. The number of halogens is 1. The van der Waals surface area contributed by atoms with Crippen molar-refractivity contribution in [2.24, 2.45) is 7.05 Å². The smallest absolute Gasteiger partial charge is 0.305 e. The normalized spacial score (nSPS) is 10.2. The number of aryl methyl sites for hydroxylation is 1. The van der Waals surface area contributed by atoms with Gasteiger partial charge in [-0.1, -0.05) is 5.21 Å². The van der Waals surface area contributed by atoms with Crippen molar-refractivity contribution in [1.29, 1.82) is 0 Å². The molecule has 0 aliphatic carbocycles. The maximum Gasteiger partial charge on any atom is 0.305 e. The Kier molecular flexibility index (Phi) is 4.60. The molecule has 7 heteroatoms. The van der Waals surface area contributed by atoms with Crippen molar-refractivity contribution in [3.05, 3.63) is 10.3 Å². The molecule has 0 amide bonds. The third-order valence-corrected chi connectivity index (χ3v) is 2.71. The van der Waals surface area contributed by atoms with Crippen molar-refractivity contribution in [2.75, 3.05) is 7.11 Å². The topological polar surface area (TPSA) is 74.1 Å². The van der Waals surface area contributed by atoms with Crippen LogP contribution in [0, 0.1) is 0 Å². The van der Waals surface area contributed by atoms with Crippen LogP contribution in [0.1, 0.15) is 18.5 Å². The minimum Gasteiger partial charge on any atom is -0.469 e. The highest BCUT2D eigenvalue weighted by atomic mass is 79.9. The van der Waals surface area contributed by atoms with Gasteiger partial charge in [0.05, 0.1) is 25.6 Å². The first kappa shape index (κ1) is 12.8. The molecule has 0 unspecified atom stereocenters. The molecule has 0 bridgehead atoms. The largest absolute Gasteiger partial charge is 0.469 e. The number of nitrogens with zero attached hydrogens (tertiary/aromatic N) is 3. The van der Waals surface area contributed by atoms with Crippen molar-refractivity contribution in [3.8, 4) is 0 Å². The van der Waals surface area contributed by atoms with Crippen molar-refractivity contribution in [3.63, 3.8) is 0 Å². The van der Waals surface area contributed by atoms with Gasteiger partial charge in [-0.05, 0) is 15.9 Å². The SMILES string of the molecule is COC(=O)CCC(=O)Cc1c(Br)nnn1C. The molecule has 0 radical (unpaired) electrons. The number of carbonyl (C=O) groups is 2. The molecule has 0 N–H and O–H groups in total. The van der Waals surface area contributed by atoms with Crippen LogP contribution in [0.4, 0.5) is 0 Å². The molecule has 0 aliphatic rings. The van der Waals surface area contributed by atoms with E-state index in [2.05, 4.69) is 31.0 Å². The van der Waals surface area contributed by atoms with Crippen molar-refractivity contribution < 1.29 is 14.3 Å². The maximum atomic E-state index is 11.5. The first-order valence-corrected chi connectivity index (χ1v) is 5.46. The number of hydrogen-bond acceptors (Lipinski definition) is 5. The maximum absolute atomic E-state index is 11.5. The zero-order valence-electron chi connectivity index (χ0n) is 9.07. The molecule has 0 saturated heterocycles. The summed E-state index contributed by atoms with van der Waals surface area (Å²) in [4.78, 5) is 22.4. The van der Waals surface area contributed by atoms with Crippen LogP contribution in [0.3, 0.4) is 0 Å². The van der Waals surface area contributed by atoms with Gasteiger partial charge in [0.2, 0.25) is 0 Å². The number of methoxy groups -OCH3 is 1. The monoisotopic (exact) mass is 289 g/mol. The average Bonchev–Trinajstić information content (AvgIpc) is 2.57. The van der Waals surface area contributed by atoms with Crippen LogP contribution in [0.25, 0.3) is 0 Å². The summed E-state index contributed by atoms with van der Waals surface area (Å²) in [6.45, 7) is 0. The van der Waals surface area contributed by atoms with Gasteiger partial charge in [0.25, 0.3) is 0 Å². The lowest BCUT2D eigenvalue weighted by atomic mass is 10.1. The molecule has 1 aromatic heterocycles. The van der Waals surface area contributed by atoms with E-state index in [1.54, 1.807) is 7.05 Å². The van der Waals surface area contributed by atoms with E-state index in [4.69, 9.17) is 0 Å². The van der Waals surface area contributed by atoms with Crippen LogP contribution >= 0.6 is 15.9 Å². The molecular formula is C9H12BrN3O3. The average molecular weight is 290 g/mol. The number of esters is 1. The van der Waals surface area contributed by atoms with Crippen molar-refractivity contribution in [2.45, 2.75) is 19.3 Å². The molecule has 0 saturated carbocycles. The van der Waals surface area contributed by atoms with E-state index >= 15 is 0 Å². The summed E-state index contributed by atoms with van der Waals surface area (Å²) in [5.74, 6) is -0.424. The van der Waals surface area contributed by atoms with E-state index in [0.717, 1.165) is 0 Å². The number of ketones is 1. The Morgan fingerprint density at radius 1 is 1.44 bits per heavy atom. The Hall–Kier alpha value is -1.24. The fourth-order valence-electron chi connectivity index (χ4n) is 1.16. The van der Waals surface area contributed by atoms with Gasteiger partial charge in [0.15, 0.2) is 4.60 Å². The standard InChI is InChI=1S/C9H12BrN3O3/c1-13-7(9(10)11-12-13)5-6(14)3-4-8(15)16-2/h3-5H2,1-2H3. The zero-order chi connectivity index (χ0) is 12.1. The number of hydrogen-bond donors (Lipinski definition) is 0. The predicted molar refractivity (Wildman–Crippen MR) is 58.7 cm³/mol. The first-order chi connectivity index (χ1) is 7.54. The zero-order valence-corrected chi connectivity index (χ0v) is 10.7. The van der Waals surface area contributed by atoms with Gasteiger partial charge < -0.3 is 4.74 Å². The first-order valence-electron chi connectivity index (χ1n) is 4.67. The second kappa shape index (κ2) is 5.74. The number of rotatable bonds is 5. The highest BCUT2D eigenvalue weighted by Gasteiger charge is 2.13. The van der Waals surface area contributed by atoms with Crippen molar-refractivity contribution >= 4 is 27.7 Å². The molecule has 1 aromatic rings. The lowest BCUT2D eigenvalue weighted by Crippen LogP contribution is -2.10. The Labute approximate surface area is 101 Å². The lowest BCUT2D eigenvalue weighted by molar-refractivity contribution is -0.141. The second-order valence-corrected chi connectivity index (χ2v) is 3.99. The predicted octanol–water partition coefficient (Wildman–Crippen LogP) is 0.642. The molecule has 6 nitrogen and oxygen atoms in total. The number of ether oxygens (including phenoxy) is 1. The van der Waals surface area contributed by atoms with Crippen LogP contribution in [0.15, 0.2) is 4.60 Å². The van der Waals surface area contributed by atoms with Crippen molar-refractivity contribution in [1.82, 2.24) is 15.0 Å². The van der Waals surface area contributed by atoms with Crippen LogP contribution in [0.2, 0.25) is 0 Å². The molecule has 0 atom stereocenters. The summed E-state index contributed by atoms with van der Waals surface area (Å²) in [7, 11) is 3.01. The van der Waals surface area contributed by atoms with Crippen LogP contribution in [0.5, 0.6) is 0 Å². The minimum absolute atomic E-state index is 0.0449. The summed E-state index contributed by atoms with van der Waals surface area (Å²) < 4.78 is 6.54. The molecular weight excluding hydrogens is 278 g/mol. The number of Topliss-reactive ketones (excluding diaryl/α,β-unsaturated/α-hetero) is 1. The Bertz CT molecular complexity index is 383. The summed E-state index contributed by atoms with van der Waals surface area (Å²) in [6, 6.07) is 0. The Morgan fingerprint density at radius 3 is 2.62 bits per heavy atom. The number of carbonyl (C=O) groups excluding carboxylic acids is 2. The molecule has 0 spiro atoms. The van der Waals surface area contributed by atoms with Gasteiger partial charge >= 0.3 is 5.97 Å². The van der Waals surface area contributed by atoms with E-state index in [-0.39, 0.29) is 31.0 Å². The molecule has 0 fully saturated rings. The molecule has 88 valence electrons. The minimum atomic E-state index is -0.379. The van der Waals surface area contributed by atoms with Gasteiger partial charge in [-0.2, -0.15) is 0 Å². The molecule has 1 rings (SSSR count). The summed E-state index contributed by atoms with van der Waals surface area (Å²) in [6.07, 6.45) is 0.490. The summed E-state index contributed by atoms with van der Waals surface area (Å²) >= 11 is 3.20. The number of aromatic nitrogens is 3. The molecule has 1 heterocycles. The quantitative estimate of drug-likeness (QED) is 0.744. The highest BCUT2D eigenvalue weighted by Crippen LogP contribution is 2.13. The Balaban J connectivity index is 2.49. The summed E-state index contributed by atoms with van der Waals surface area (Å²) in [5, 5.41) is 7.52. The van der Waals surface area contributed by atoms with E-state index < -0.39 is 0 Å². The fourth-order valence-corrected chi connectivity index (χ4v) is 1.63. The second-order valence-electron chi connectivity index (χ2n) is 3.24. The van der Waals surface area contributed by atoms with Crippen LogP contribution in [-0.2, 0) is 27.8 Å². The van der Waals surface area contributed by atoms with Gasteiger partial charge in [-0.15, -0.1) is 5.10 Å². The molecule has 16 heavy (non-hydrogen) atoms. The van der Waals surface area contributed by atoms with Gasteiger partial charge in [0.1, 0.15) is 5.78 Å². The molecule has 0 aliphatic heterocycles. The van der Waals surface area contributed by atoms with E-state index in [0.29, 0.717) is 10.3 Å². The van der Waals surface area contributed by atoms with Gasteiger partial charge in [-0.3, -0.25) is 14.3 Å². The molecule has 0 aromatic carbocycles. The van der Waals surface area contributed by atoms with Crippen LogP contribution < -0.4 is 0 Å². The third-order valence-electron chi connectivity index (χ3n) is 2.10.